The number of benzene rings is 1. The van der Waals surface area contributed by atoms with Gasteiger partial charge in [-0.15, -0.1) is 0 Å². The van der Waals surface area contributed by atoms with E-state index in [-0.39, 0.29) is 0 Å². The summed E-state index contributed by atoms with van der Waals surface area (Å²) in [7, 11) is 0. The number of nitrogens with zero attached hydrogens (tertiary/aromatic N) is 1. The van der Waals surface area contributed by atoms with Crippen LogP contribution in [0.4, 0.5) is 5.82 Å². The summed E-state index contributed by atoms with van der Waals surface area (Å²) in [5.41, 5.74) is 7.71. The van der Waals surface area contributed by atoms with E-state index in [0.29, 0.717) is 12.4 Å². The van der Waals surface area contributed by atoms with Crippen LogP contribution in [0, 0.1) is 6.92 Å². The number of aromatic amines is 1. The number of H-pyrrole nitrogens is 1. The van der Waals surface area contributed by atoms with E-state index in [1.807, 2.05) is 31.2 Å². The van der Waals surface area contributed by atoms with Gasteiger partial charge < -0.3 is 10.5 Å². The highest BCUT2D eigenvalue weighted by Crippen LogP contribution is 2.15. The molecule has 0 aliphatic rings. The van der Waals surface area contributed by atoms with Crippen molar-refractivity contribution in [2.24, 2.45) is 0 Å². The van der Waals surface area contributed by atoms with Crippen LogP contribution >= 0.6 is 0 Å². The molecule has 4 heteroatoms. The van der Waals surface area contributed by atoms with Crippen LogP contribution in [0.3, 0.4) is 0 Å². The maximum absolute atomic E-state index is 5.63. The minimum atomic E-state index is 0.436. The topological polar surface area (TPSA) is 63.9 Å². The van der Waals surface area contributed by atoms with Gasteiger partial charge in [0.1, 0.15) is 18.2 Å². The molecule has 1 heterocycles. The summed E-state index contributed by atoms with van der Waals surface area (Å²) in [5.74, 6) is 1.39. The molecule has 1 aromatic heterocycles. The fourth-order valence-electron chi connectivity index (χ4n) is 1.23. The molecule has 3 N–H and O–H groups in total. The molecule has 2 aromatic rings. The van der Waals surface area contributed by atoms with E-state index < -0.39 is 0 Å². The van der Waals surface area contributed by atoms with E-state index in [4.69, 9.17) is 10.5 Å². The number of nitrogens with two attached hydrogens (primary N) is 1. The van der Waals surface area contributed by atoms with E-state index in [1.54, 1.807) is 6.20 Å². The Morgan fingerprint density at radius 3 is 2.67 bits per heavy atom. The van der Waals surface area contributed by atoms with Gasteiger partial charge in [0.15, 0.2) is 0 Å². The van der Waals surface area contributed by atoms with Crippen molar-refractivity contribution in [3.63, 3.8) is 0 Å². The number of aryl methyl sites for hydroxylation is 1. The van der Waals surface area contributed by atoms with Gasteiger partial charge in [-0.3, -0.25) is 5.10 Å². The Hall–Kier alpha value is -1.97. The smallest absolute Gasteiger partial charge is 0.125 e. The molecule has 78 valence electrons. The molecule has 0 aliphatic heterocycles. The van der Waals surface area contributed by atoms with Gasteiger partial charge in [-0.25, -0.2) is 0 Å². The summed E-state index contributed by atoms with van der Waals surface area (Å²) in [6.07, 6.45) is 1.67. The molecule has 4 nitrogen and oxygen atoms in total. The first kappa shape index (κ1) is 9.58. The number of anilines is 1. The molecule has 0 saturated carbocycles. The lowest BCUT2D eigenvalue weighted by Gasteiger charge is -2.05. The Labute approximate surface area is 88.1 Å². The molecule has 0 atom stereocenters. The first-order valence-electron chi connectivity index (χ1n) is 4.73. The van der Waals surface area contributed by atoms with Crippen LogP contribution in [0.1, 0.15) is 11.1 Å². The van der Waals surface area contributed by atoms with Crippen molar-refractivity contribution in [1.29, 1.82) is 0 Å². The van der Waals surface area contributed by atoms with E-state index in [9.17, 15) is 0 Å². The van der Waals surface area contributed by atoms with Gasteiger partial charge in [0.2, 0.25) is 0 Å². The van der Waals surface area contributed by atoms with Crippen molar-refractivity contribution in [2.75, 3.05) is 5.73 Å². The van der Waals surface area contributed by atoms with E-state index in [0.717, 1.165) is 11.3 Å². The van der Waals surface area contributed by atoms with Crippen LogP contribution in [0.2, 0.25) is 0 Å². The van der Waals surface area contributed by atoms with Gasteiger partial charge in [-0.2, -0.15) is 5.10 Å². The molecular weight excluding hydrogens is 190 g/mol. The van der Waals surface area contributed by atoms with E-state index in [2.05, 4.69) is 10.2 Å². The van der Waals surface area contributed by atoms with Crippen molar-refractivity contribution in [1.82, 2.24) is 10.2 Å². The average Bonchev–Trinajstić information content (AvgIpc) is 2.63. The van der Waals surface area contributed by atoms with E-state index >= 15 is 0 Å². The second-order valence-electron chi connectivity index (χ2n) is 3.41. The molecule has 1 aromatic carbocycles. The fraction of sp³-hybridized carbons (Fsp3) is 0.182. The minimum Gasteiger partial charge on any atom is -0.489 e. The third kappa shape index (κ3) is 2.28. The SMILES string of the molecule is Cc1ccc(OCc2cn[nH]c2N)cc1. The lowest BCUT2D eigenvalue weighted by Crippen LogP contribution is -1.98. The highest BCUT2D eigenvalue weighted by Gasteiger charge is 2.01. The fourth-order valence-corrected chi connectivity index (χ4v) is 1.23. The highest BCUT2D eigenvalue weighted by atomic mass is 16.5. The van der Waals surface area contributed by atoms with Gasteiger partial charge in [0.25, 0.3) is 0 Å². The largest absolute Gasteiger partial charge is 0.489 e. The van der Waals surface area contributed by atoms with Crippen LogP contribution in [0.15, 0.2) is 30.5 Å². The Morgan fingerprint density at radius 2 is 2.07 bits per heavy atom. The zero-order valence-electron chi connectivity index (χ0n) is 8.53. The molecule has 0 saturated heterocycles. The molecule has 0 unspecified atom stereocenters. The predicted octanol–water partition coefficient (Wildman–Crippen LogP) is 1.88. The minimum absolute atomic E-state index is 0.436. The summed E-state index contributed by atoms with van der Waals surface area (Å²) in [5, 5.41) is 6.48. The van der Waals surface area contributed by atoms with Crippen LogP contribution in [-0.4, -0.2) is 10.2 Å². The lowest BCUT2D eigenvalue weighted by atomic mass is 10.2. The summed E-state index contributed by atoms with van der Waals surface area (Å²) >= 11 is 0. The molecule has 0 radical (unpaired) electrons. The predicted molar refractivity (Wildman–Crippen MR) is 58.5 cm³/mol. The second-order valence-corrected chi connectivity index (χ2v) is 3.41. The molecule has 0 aliphatic carbocycles. The molecule has 0 fully saturated rings. The van der Waals surface area contributed by atoms with E-state index in [1.165, 1.54) is 5.56 Å². The van der Waals surface area contributed by atoms with Gasteiger partial charge >= 0.3 is 0 Å². The number of nitrogens with one attached hydrogen (secondary N) is 1. The molecule has 0 bridgehead atoms. The third-order valence-corrected chi connectivity index (χ3v) is 2.17. The Bertz CT molecular complexity index is 433. The number of hydrogen-bond acceptors (Lipinski definition) is 3. The van der Waals surface area contributed by atoms with Crippen molar-refractivity contribution >= 4 is 5.82 Å². The van der Waals surface area contributed by atoms with Gasteiger partial charge in [-0.05, 0) is 19.1 Å². The zero-order valence-corrected chi connectivity index (χ0v) is 8.53. The quantitative estimate of drug-likeness (QED) is 0.800. The Balaban J connectivity index is 1.99. The Kier molecular flexibility index (Phi) is 2.58. The first-order valence-corrected chi connectivity index (χ1v) is 4.73. The van der Waals surface area contributed by atoms with Crippen molar-refractivity contribution in [2.45, 2.75) is 13.5 Å². The summed E-state index contributed by atoms with van der Waals surface area (Å²) in [6.45, 7) is 2.48. The van der Waals surface area contributed by atoms with Gasteiger partial charge in [0, 0.05) is 0 Å². The maximum atomic E-state index is 5.63. The number of aromatic nitrogens is 2. The summed E-state index contributed by atoms with van der Waals surface area (Å²) < 4.78 is 5.55. The maximum Gasteiger partial charge on any atom is 0.125 e. The normalized spacial score (nSPS) is 10.2. The monoisotopic (exact) mass is 203 g/mol. The molecule has 0 amide bonds. The van der Waals surface area contributed by atoms with Crippen LogP contribution < -0.4 is 10.5 Å². The molecular formula is C11H13N3O. The average molecular weight is 203 g/mol. The Morgan fingerprint density at radius 1 is 1.33 bits per heavy atom. The van der Waals surface area contributed by atoms with Crippen LogP contribution in [0.5, 0.6) is 5.75 Å². The number of hydrogen-bond donors (Lipinski definition) is 2. The number of nitrogen functional groups attached to an aromatic ring is 1. The summed E-state index contributed by atoms with van der Waals surface area (Å²) in [4.78, 5) is 0. The summed E-state index contributed by atoms with van der Waals surface area (Å²) in [6, 6.07) is 7.89. The standard InChI is InChI=1S/C11H13N3O/c1-8-2-4-10(5-3-8)15-7-9-6-13-14-11(9)12/h2-6H,7H2,1H3,(H3,12,13,14). The van der Waals surface area contributed by atoms with Crippen molar-refractivity contribution in [3.8, 4) is 5.75 Å². The highest BCUT2D eigenvalue weighted by molar-refractivity contribution is 5.36. The second kappa shape index (κ2) is 4.04. The van der Waals surface area contributed by atoms with Crippen molar-refractivity contribution in [3.05, 3.63) is 41.6 Å². The van der Waals surface area contributed by atoms with Gasteiger partial charge in [-0.1, -0.05) is 17.7 Å². The third-order valence-electron chi connectivity index (χ3n) is 2.17. The number of ether oxygens (including phenoxy) is 1. The van der Waals surface area contributed by atoms with Crippen molar-refractivity contribution < 1.29 is 4.74 Å². The molecule has 2 rings (SSSR count). The molecule has 0 spiro atoms. The van der Waals surface area contributed by atoms with Crippen LogP contribution in [-0.2, 0) is 6.61 Å². The zero-order chi connectivity index (χ0) is 10.7. The molecule has 15 heavy (non-hydrogen) atoms. The van der Waals surface area contributed by atoms with Gasteiger partial charge in [0.05, 0.1) is 11.8 Å². The van der Waals surface area contributed by atoms with Crippen LogP contribution in [0.25, 0.3) is 0 Å². The number of rotatable bonds is 3. The lowest BCUT2D eigenvalue weighted by molar-refractivity contribution is 0.307. The first-order chi connectivity index (χ1) is 7.25.